The Kier molecular flexibility index (Phi) is 2.39. The van der Waals surface area contributed by atoms with E-state index in [-0.39, 0.29) is 5.95 Å². The number of nitrogens with zero attached hydrogens (tertiary/aromatic N) is 2. The van der Waals surface area contributed by atoms with Crippen molar-refractivity contribution < 1.29 is 9.13 Å². The number of hydrogen-bond donors (Lipinski definition) is 0. The van der Waals surface area contributed by atoms with E-state index in [4.69, 9.17) is 4.74 Å². The first kappa shape index (κ1) is 7.21. The van der Waals surface area contributed by atoms with Crippen molar-refractivity contribution in [2.75, 3.05) is 13.7 Å². The van der Waals surface area contributed by atoms with Crippen LogP contribution in [0.1, 0.15) is 0 Å². The average Bonchev–Trinajstić information content (AvgIpc) is 2.31. The molecular formula is C6H9FN2O. The van der Waals surface area contributed by atoms with E-state index in [2.05, 4.69) is 4.98 Å². The third-order valence-corrected chi connectivity index (χ3v) is 1.20. The Morgan fingerprint density at radius 1 is 1.80 bits per heavy atom. The molecule has 3 nitrogen and oxygen atoms in total. The molecule has 1 rings (SSSR count). The van der Waals surface area contributed by atoms with Crippen LogP contribution in [0.3, 0.4) is 0 Å². The maximum Gasteiger partial charge on any atom is 0.213 e. The summed E-state index contributed by atoms with van der Waals surface area (Å²) in [5, 5.41) is 0. The Balaban J connectivity index is 2.49. The van der Waals surface area contributed by atoms with Crippen LogP contribution in [0.25, 0.3) is 0 Å². The summed E-state index contributed by atoms with van der Waals surface area (Å²) in [5.74, 6) is -0.322. The largest absolute Gasteiger partial charge is 0.383 e. The van der Waals surface area contributed by atoms with E-state index in [1.54, 1.807) is 7.11 Å². The number of aromatic nitrogens is 2. The van der Waals surface area contributed by atoms with Gasteiger partial charge in [0.15, 0.2) is 0 Å². The van der Waals surface area contributed by atoms with Gasteiger partial charge in [-0.25, -0.2) is 4.98 Å². The number of rotatable bonds is 3. The van der Waals surface area contributed by atoms with Crippen LogP contribution >= 0.6 is 0 Å². The molecule has 0 aromatic carbocycles. The van der Waals surface area contributed by atoms with Crippen LogP contribution in [0.2, 0.25) is 0 Å². The van der Waals surface area contributed by atoms with E-state index in [0.29, 0.717) is 13.2 Å². The molecule has 0 aliphatic rings. The summed E-state index contributed by atoms with van der Waals surface area (Å²) in [4.78, 5) is 3.61. The third kappa shape index (κ3) is 1.54. The van der Waals surface area contributed by atoms with Gasteiger partial charge in [0.1, 0.15) is 0 Å². The van der Waals surface area contributed by atoms with Crippen molar-refractivity contribution in [1.82, 2.24) is 9.55 Å². The van der Waals surface area contributed by atoms with Crippen LogP contribution in [0.15, 0.2) is 12.5 Å². The van der Waals surface area contributed by atoms with Crippen molar-refractivity contribution in [1.29, 1.82) is 0 Å². The second-order valence-corrected chi connectivity index (χ2v) is 1.90. The van der Waals surface area contributed by atoms with Gasteiger partial charge in [0.25, 0.3) is 0 Å². The predicted molar refractivity (Wildman–Crippen MR) is 34.1 cm³/mol. The molecule has 0 bridgehead atoms. The first-order valence-corrected chi connectivity index (χ1v) is 2.99. The van der Waals surface area contributed by atoms with Crippen LogP contribution in [0, 0.1) is 5.95 Å². The van der Waals surface area contributed by atoms with Crippen molar-refractivity contribution in [2.45, 2.75) is 6.54 Å². The van der Waals surface area contributed by atoms with E-state index >= 15 is 0 Å². The Labute approximate surface area is 58.4 Å². The standard InChI is InChI=1S/C6H9FN2O/c1-10-3-2-9-5-8-4-6(9)7/h4-5H,2-3H2,1H3. The summed E-state index contributed by atoms with van der Waals surface area (Å²) in [6, 6.07) is 0. The molecule has 0 aliphatic heterocycles. The first-order valence-electron chi connectivity index (χ1n) is 2.99. The van der Waals surface area contributed by atoms with Gasteiger partial charge in [-0.2, -0.15) is 4.39 Å². The van der Waals surface area contributed by atoms with Crippen LogP contribution < -0.4 is 0 Å². The van der Waals surface area contributed by atoms with Gasteiger partial charge in [-0.1, -0.05) is 0 Å². The molecule has 0 unspecified atom stereocenters. The molecule has 1 aromatic heterocycles. The number of ether oxygens (including phenoxy) is 1. The fraction of sp³-hybridized carbons (Fsp3) is 0.500. The fourth-order valence-electron chi connectivity index (χ4n) is 0.659. The molecule has 0 spiro atoms. The summed E-state index contributed by atoms with van der Waals surface area (Å²) < 4.78 is 18.7. The van der Waals surface area contributed by atoms with E-state index in [0.717, 1.165) is 0 Å². The highest BCUT2D eigenvalue weighted by Crippen LogP contribution is 1.94. The maximum atomic E-state index is 12.5. The lowest BCUT2D eigenvalue weighted by Crippen LogP contribution is -2.04. The van der Waals surface area contributed by atoms with Gasteiger partial charge < -0.3 is 9.30 Å². The smallest absolute Gasteiger partial charge is 0.213 e. The Hall–Kier alpha value is -0.900. The predicted octanol–water partition coefficient (Wildman–Crippen LogP) is 0.669. The zero-order valence-corrected chi connectivity index (χ0v) is 5.75. The normalized spacial score (nSPS) is 10.2. The van der Waals surface area contributed by atoms with Gasteiger partial charge in [-0.15, -0.1) is 0 Å². The summed E-state index contributed by atoms with van der Waals surface area (Å²) in [5.41, 5.74) is 0. The molecular weight excluding hydrogens is 135 g/mol. The zero-order valence-electron chi connectivity index (χ0n) is 5.75. The van der Waals surface area contributed by atoms with Crippen molar-refractivity contribution in [3.05, 3.63) is 18.5 Å². The lowest BCUT2D eigenvalue weighted by molar-refractivity contribution is 0.183. The van der Waals surface area contributed by atoms with Gasteiger partial charge in [0, 0.05) is 13.7 Å². The highest BCUT2D eigenvalue weighted by atomic mass is 19.1. The molecule has 10 heavy (non-hydrogen) atoms. The quantitative estimate of drug-likeness (QED) is 0.623. The monoisotopic (exact) mass is 144 g/mol. The molecule has 0 fully saturated rings. The van der Waals surface area contributed by atoms with Gasteiger partial charge in [-0.05, 0) is 0 Å². The van der Waals surface area contributed by atoms with Crippen molar-refractivity contribution >= 4 is 0 Å². The highest BCUT2D eigenvalue weighted by molar-refractivity contribution is 4.78. The molecule has 0 saturated carbocycles. The summed E-state index contributed by atoms with van der Waals surface area (Å²) in [7, 11) is 1.58. The minimum atomic E-state index is -0.322. The van der Waals surface area contributed by atoms with E-state index in [1.165, 1.54) is 17.1 Å². The van der Waals surface area contributed by atoms with Gasteiger partial charge in [-0.3, -0.25) is 0 Å². The molecule has 1 aromatic rings. The lowest BCUT2D eigenvalue weighted by atomic mass is 10.6. The average molecular weight is 144 g/mol. The first-order chi connectivity index (χ1) is 4.84. The number of halogens is 1. The van der Waals surface area contributed by atoms with Crippen molar-refractivity contribution in [3.8, 4) is 0 Å². The van der Waals surface area contributed by atoms with E-state index < -0.39 is 0 Å². The minimum absolute atomic E-state index is 0.322. The Morgan fingerprint density at radius 2 is 2.60 bits per heavy atom. The van der Waals surface area contributed by atoms with Crippen LogP contribution in [-0.4, -0.2) is 23.3 Å². The highest BCUT2D eigenvalue weighted by Gasteiger charge is 1.97. The van der Waals surface area contributed by atoms with E-state index in [1.807, 2.05) is 0 Å². The lowest BCUT2D eigenvalue weighted by Gasteiger charge is -1.99. The fourth-order valence-corrected chi connectivity index (χ4v) is 0.659. The van der Waals surface area contributed by atoms with Crippen LogP contribution in [-0.2, 0) is 11.3 Å². The second-order valence-electron chi connectivity index (χ2n) is 1.90. The van der Waals surface area contributed by atoms with Crippen LogP contribution in [0.5, 0.6) is 0 Å². The summed E-state index contributed by atoms with van der Waals surface area (Å²) in [6.45, 7) is 1.02. The van der Waals surface area contributed by atoms with Gasteiger partial charge in [0.2, 0.25) is 5.95 Å². The van der Waals surface area contributed by atoms with Crippen molar-refractivity contribution in [2.24, 2.45) is 0 Å². The number of methoxy groups -OCH3 is 1. The van der Waals surface area contributed by atoms with E-state index in [9.17, 15) is 4.39 Å². The molecule has 4 heteroatoms. The second kappa shape index (κ2) is 3.31. The molecule has 56 valence electrons. The molecule has 0 radical (unpaired) electrons. The van der Waals surface area contributed by atoms with Gasteiger partial charge in [0.05, 0.1) is 19.1 Å². The number of hydrogen-bond acceptors (Lipinski definition) is 2. The number of imidazole rings is 1. The summed E-state index contributed by atoms with van der Waals surface area (Å²) in [6.07, 6.45) is 2.62. The van der Waals surface area contributed by atoms with Crippen LogP contribution in [0.4, 0.5) is 4.39 Å². The molecule has 0 saturated heterocycles. The summed E-state index contributed by atoms with van der Waals surface area (Å²) >= 11 is 0. The minimum Gasteiger partial charge on any atom is -0.383 e. The molecule has 0 atom stereocenters. The Bertz CT molecular complexity index is 199. The molecule has 0 N–H and O–H groups in total. The SMILES string of the molecule is COCCn1cncc1F. The zero-order chi connectivity index (χ0) is 7.40. The maximum absolute atomic E-state index is 12.5. The molecule has 0 amide bonds. The molecule has 1 heterocycles. The van der Waals surface area contributed by atoms with Crippen molar-refractivity contribution in [3.63, 3.8) is 0 Å². The Morgan fingerprint density at radius 3 is 3.10 bits per heavy atom. The third-order valence-electron chi connectivity index (χ3n) is 1.20. The molecule has 0 aliphatic carbocycles. The van der Waals surface area contributed by atoms with Gasteiger partial charge >= 0.3 is 0 Å². The topological polar surface area (TPSA) is 27.1 Å².